The second-order valence-electron chi connectivity index (χ2n) is 6.30. The van der Waals surface area contributed by atoms with Crippen molar-refractivity contribution in [1.29, 1.82) is 0 Å². The van der Waals surface area contributed by atoms with Gasteiger partial charge in [0.1, 0.15) is 0 Å². The average Bonchev–Trinajstić information content (AvgIpc) is 2.38. The van der Waals surface area contributed by atoms with Crippen LogP contribution in [0.4, 0.5) is 9.59 Å². The van der Waals surface area contributed by atoms with Crippen LogP contribution in [0.5, 0.6) is 0 Å². The molecule has 0 atom stereocenters. The molecular formula is C15H28N2O2Se. The van der Waals surface area contributed by atoms with E-state index in [2.05, 4.69) is 6.92 Å². The third-order valence-electron chi connectivity index (χ3n) is 3.39. The first kappa shape index (κ1) is 17.5. The van der Waals surface area contributed by atoms with Crippen LogP contribution in [0.25, 0.3) is 0 Å². The van der Waals surface area contributed by atoms with Crippen molar-refractivity contribution in [2.24, 2.45) is 0 Å². The van der Waals surface area contributed by atoms with Gasteiger partial charge in [-0.1, -0.05) is 0 Å². The molecule has 1 saturated heterocycles. The second-order valence-corrected chi connectivity index (χ2v) is 8.50. The number of carbonyl (C=O) groups excluding carboxylic acids is 2. The fraction of sp³-hybridized carbons (Fsp3) is 0.867. The van der Waals surface area contributed by atoms with Gasteiger partial charge >= 0.3 is 129 Å². The number of likely N-dealkylation sites (tertiary alicyclic amines) is 1. The minimum absolute atomic E-state index is 0.0361. The third kappa shape index (κ3) is 5.10. The van der Waals surface area contributed by atoms with Crippen molar-refractivity contribution in [1.82, 2.24) is 9.80 Å². The molecule has 1 rings (SSSR count). The van der Waals surface area contributed by atoms with Crippen LogP contribution in [0.3, 0.4) is 0 Å². The Bertz CT molecular complexity index is 333. The van der Waals surface area contributed by atoms with Crippen LogP contribution in [0.2, 0.25) is 5.32 Å². The Morgan fingerprint density at radius 1 is 1.15 bits per heavy atom. The second kappa shape index (κ2) is 8.04. The molecule has 0 unspecified atom stereocenters. The molecule has 1 aliphatic rings. The number of piperidine rings is 1. The fourth-order valence-corrected chi connectivity index (χ4v) is 4.52. The number of unbranched alkanes of at least 4 members (excludes halogenated alkanes) is 1. The Labute approximate surface area is 129 Å². The van der Waals surface area contributed by atoms with E-state index in [1.165, 1.54) is 11.3 Å². The summed E-state index contributed by atoms with van der Waals surface area (Å²) in [5.74, 6) is 0. The monoisotopic (exact) mass is 348 g/mol. The summed E-state index contributed by atoms with van der Waals surface area (Å²) in [5.41, 5.74) is -0.431. The SMILES string of the molecule is CCCC[Se]C(=O)N(C(=O)N1CCCCC1)C(C)(C)C. The van der Waals surface area contributed by atoms with Gasteiger partial charge in [-0.15, -0.1) is 0 Å². The van der Waals surface area contributed by atoms with Gasteiger partial charge in [0.2, 0.25) is 0 Å². The van der Waals surface area contributed by atoms with E-state index in [0.717, 1.165) is 44.1 Å². The first-order chi connectivity index (χ1) is 9.38. The van der Waals surface area contributed by atoms with Gasteiger partial charge in [0, 0.05) is 0 Å². The number of imide groups is 1. The fourth-order valence-electron chi connectivity index (χ4n) is 2.23. The molecule has 1 fully saturated rings. The van der Waals surface area contributed by atoms with Gasteiger partial charge in [-0.25, -0.2) is 0 Å². The summed E-state index contributed by atoms with van der Waals surface area (Å²) >= 11 is -0.116. The third-order valence-corrected chi connectivity index (χ3v) is 5.33. The zero-order valence-electron chi connectivity index (χ0n) is 13.3. The molecule has 0 aliphatic carbocycles. The van der Waals surface area contributed by atoms with Crippen molar-refractivity contribution < 1.29 is 9.59 Å². The van der Waals surface area contributed by atoms with Crippen molar-refractivity contribution in [3.05, 3.63) is 0 Å². The molecule has 0 aromatic heterocycles. The van der Waals surface area contributed by atoms with E-state index in [0.29, 0.717) is 0 Å². The molecule has 0 N–H and O–H groups in total. The Balaban J connectivity index is 2.72. The van der Waals surface area contributed by atoms with Gasteiger partial charge < -0.3 is 0 Å². The molecule has 4 nitrogen and oxygen atoms in total. The van der Waals surface area contributed by atoms with E-state index in [1.807, 2.05) is 25.7 Å². The van der Waals surface area contributed by atoms with Crippen molar-refractivity contribution in [3.63, 3.8) is 0 Å². The van der Waals surface area contributed by atoms with Gasteiger partial charge in [-0.05, 0) is 0 Å². The average molecular weight is 347 g/mol. The van der Waals surface area contributed by atoms with E-state index in [9.17, 15) is 9.59 Å². The van der Waals surface area contributed by atoms with E-state index in [4.69, 9.17) is 0 Å². The summed E-state index contributed by atoms with van der Waals surface area (Å²) in [6.07, 6.45) is 5.47. The zero-order valence-corrected chi connectivity index (χ0v) is 15.0. The van der Waals surface area contributed by atoms with Crippen molar-refractivity contribution in [3.8, 4) is 0 Å². The standard InChI is InChI=1S/C15H28N2O2Se/c1-5-6-12-20-14(19)17(15(2,3)4)13(18)16-10-8-7-9-11-16/h5-12H2,1-4H3. The van der Waals surface area contributed by atoms with Crippen LogP contribution in [0.15, 0.2) is 0 Å². The van der Waals surface area contributed by atoms with E-state index in [1.54, 1.807) is 0 Å². The van der Waals surface area contributed by atoms with Gasteiger partial charge in [0.15, 0.2) is 0 Å². The molecule has 3 amide bonds. The number of hydrogen-bond donors (Lipinski definition) is 0. The molecule has 20 heavy (non-hydrogen) atoms. The number of nitrogens with zero attached hydrogens (tertiary/aromatic N) is 2. The van der Waals surface area contributed by atoms with Crippen LogP contribution < -0.4 is 0 Å². The van der Waals surface area contributed by atoms with Gasteiger partial charge in [-0.2, -0.15) is 0 Å². The van der Waals surface area contributed by atoms with E-state index < -0.39 is 5.54 Å². The van der Waals surface area contributed by atoms with Crippen molar-refractivity contribution >= 4 is 25.8 Å². The Kier molecular flexibility index (Phi) is 7.04. The molecule has 0 aromatic carbocycles. The minimum atomic E-state index is -0.431. The molecule has 0 radical (unpaired) electrons. The summed E-state index contributed by atoms with van der Waals surface area (Å²) in [7, 11) is 0. The molecule has 0 aromatic rings. The Morgan fingerprint density at radius 2 is 1.75 bits per heavy atom. The molecule has 5 heteroatoms. The summed E-state index contributed by atoms with van der Waals surface area (Å²) in [5, 5.41) is 0.933. The van der Waals surface area contributed by atoms with Crippen LogP contribution >= 0.6 is 0 Å². The van der Waals surface area contributed by atoms with Gasteiger partial charge in [-0.3, -0.25) is 0 Å². The molecule has 1 aliphatic heterocycles. The number of amides is 3. The Morgan fingerprint density at radius 3 is 2.25 bits per heavy atom. The summed E-state index contributed by atoms with van der Waals surface area (Å²) in [6, 6.07) is -0.0828. The van der Waals surface area contributed by atoms with Crippen molar-refractivity contribution in [2.45, 2.75) is 70.7 Å². The predicted octanol–water partition coefficient (Wildman–Crippen LogP) is 3.74. The normalized spacial score (nSPS) is 16.1. The quantitative estimate of drug-likeness (QED) is 0.574. The van der Waals surface area contributed by atoms with Crippen LogP contribution in [0, 0.1) is 0 Å². The van der Waals surface area contributed by atoms with E-state index in [-0.39, 0.29) is 25.8 Å². The Hall–Kier alpha value is -0.541. The maximum atomic E-state index is 12.7. The number of hydrogen-bond acceptors (Lipinski definition) is 2. The maximum absolute atomic E-state index is 12.7. The van der Waals surface area contributed by atoms with Gasteiger partial charge in [0.25, 0.3) is 0 Å². The summed E-state index contributed by atoms with van der Waals surface area (Å²) in [6.45, 7) is 9.55. The van der Waals surface area contributed by atoms with Gasteiger partial charge in [0.05, 0.1) is 0 Å². The first-order valence-corrected chi connectivity index (χ1v) is 9.70. The molecule has 1 heterocycles. The summed E-state index contributed by atoms with van der Waals surface area (Å²) < 4.78 is 0. The van der Waals surface area contributed by atoms with Crippen molar-refractivity contribution in [2.75, 3.05) is 13.1 Å². The molecule has 0 bridgehead atoms. The van der Waals surface area contributed by atoms with Crippen LogP contribution in [-0.4, -0.2) is 54.2 Å². The predicted molar refractivity (Wildman–Crippen MR) is 83.3 cm³/mol. The summed E-state index contributed by atoms with van der Waals surface area (Å²) in [4.78, 5) is 28.5. The molecule has 0 saturated carbocycles. The number of carbonyl (C=O) groups is 2. The first-order valence-electron chi connectivity index (χ1n) is 7.64. The molecule has 116 valence electrons. The molecule has 0 spiro atoms. The number of urea groups is 1. The topological polar surface area (TPSA) is 40.6 Å². The van der Waals surface area contributed by atoms with E-state index >= 15 is 0 Å². The van der Waals surface area contributed by atoms with Crippen LogP contribution in [0.1, 0.15) is 59.8 Å². The molecular weight excluding hydrogens is 319 g/mol. The zero-order chi connectivity index (χ0) is 15.2. The van der Waals surface area contributed by atoms with Crippen LogP contribution in [-0.2, 0) is 0 Å². The number of rotatable bonds is 4.